The zero-order valence-corrected chi connectivity index (χ0v) is 11.7. The molecule has 0 unspecified atom stereocenters. The lowest BCUT2D eigenvalue weighted by molar-refractivity contribution is -0.385. The molecule has 0 atom stereocenters. The van der Waals surface area contributed by atoms with Gasteiger partial charge >= 0.3 is 6.03 Å². The first-order chi connectivity index (χ1) is 10.6. The Hall–Kier alpha value is -2.96. The van der Waals surface area contributed by atoms with Gasteiger partial charge in [-0.05, 0) is 29.7 Å². The van der Waals surface area contributed by atoms with Gasteiger partial charge in [-0.2, -0.15) is 0 Å². The van der Waals surface area contributed by atoms with Crippen molar-refractivity contribution in [2.45, 2.75) is 13.0 Å². The quantitative estimate of drug-likeness (QED) is 0.681. The number of hydrogen-bond acceptors (Lipinski definition) is 4. The Balaban J connectivity index is 1.74. The lowest BCUT2D eigenvalue weighted by Gasteiger charge is -2.28. The highest BCUT2D eigenvalue weighted by Crippen LogP contribution is 2.24. The van der Waals surface area contributed by atoms with Crippen molar-refractivity contribution in [2.24, 2.45) is 0 Å². The van der Waals surface area contributed by atoms with Crippen LogP contribution in [0.2, 0.25) is 0 Å². The highest BCUT2D eigenvalue weighted by molar-refractivity contribution is 5.89. The molecule has 1 aliphatic heterocycles. The maximum atomic E-state index is 12.2. The molecule has 2 amide bonds. The molecule has 7 nitrogen and oxygen atoms in total. The van der Waals surface area contributed by atoms with E-state index in [0.717, 1.165) is 11.1 Å². The van der Waals surface area contributed by atoms with Crippen molar-refractivity contribution < 1.29 is 9.72 Å². The molecule has 2 heterocycles. The molecule has 1 aromatic carbocycles. The summed E-state index contributed by atoms with van der Waals surface area (Å²) in [5, 5.41) is 13.6. The van der Waals surface area contributed by atoms with E-state index in [1.54, 1.807) is 41.6 Å². The minimum Gasteiger partial charge on any atom is -0.320 e. The molecule has 0 saturated heterocycles. The maximum absolute atomic E-state index is 12.2. The second-order valence-electron chi connectivity index (χ2n) is 5.05. The van der Waals surface area contributed by atoms with Gasteiger partial charge in [-0.1, -0.05) is 6.07 Å². The highest BCUT2D eigenvalue weighted by Gasteiger charge is 2.22. The number of nitro groups is 1. The zero-order valence-electron chi connectivity index (χ0n) is 11.7. The molecule has 112 valence electrons. The first kappa shape index (κ1) is 14.0. The van der Waals surface area contributed by atoms with Gasteiger partial charge in [-0.15, -0.1) is 0 Å². The molecule has 1 aliphatic rings. The number of carbonyl (C=O) groups is 1. The van der Waals surface area contributed by atoms with Crippen molar-refractivity contribution in [3.63, 3.8) is 0 Å². The Bertz CT molecular complexity index is 718. The van der Waals surface area contributed by atoms with E-state index in [4.69, 9.17) is 0 Å². The number of carbonyl (C=O) groups excluding carboxylic acids is 1. The normalized spacial score (nSPS) is 13.4. The van der Waals surface area contributed by atoms with E-state index in [-0.39, 0.29) is 11.7 Å². The molecular formula is C15H14N4O3. The molecule has 0 saturated carbocycles. The van der Waals surface area contributed by atoms with Gasteiger partial charge in [0, 0.05) is 31.4 Å². The van der Waals surface area contributed by atoms with Crippen LogP contribution in [0.3, 0.4) is 0 Å². The van der Waals surface area contributed by atoms with Crippen LogP contribution in [0.1, 0.15) is 11.1 Å². The van der Waals surface area contributed by atoms with E-state index in [0.29, 0.717) is 25.2 Å². The van der Waals surface area contributed by atoms with Crippen LogP contribution >= 0.6 is 0 Å². The van der Waals surface area contributed by atoms with Gasteiger partial charge in [0.15, 0.2) is 0 Å². The van der Waals surface area contributed by atoms with Crippen LogP contribution in [-0.2, 0) is 13.0 Å². The van der Waals surface area contributed by atoms with Crippen LogP contribution in [0.25, 0.3) is 0 Å². The Morgan fingerprint density at radius 1 is 1.32 bits per heavy atom. The number of pyridine rings is 1. The van der Waals surface area contributed by atoms with E-state index < -0.39 is 4.92 Å². The van der Waals surface area contributed by atoms with Crippen molar-refractivity contribution in [1.29, 1.82) is 0 Å². The molecule has 3 rings (SSSR count). The number of hydrogen-bond donors (Lipinski definition) is 1. The third kappa shape index (κ3) is 2.88. The number of non-ortho nitro benzene ring substituents is 1. The van der Waals surface area contributed by atoms with E-state index in [1.165, 1.54) is 6.07 Å². The Labute approximate surface area is 126 Å². The zero-order chi connectivity index (χ0) is 15.5. The van der Waals surface area contributed by atoms with Crippen LogP contribution in [0.15, 0.2) is 42.7 Å². The van der Waals surface area contributed by atoms with E-state index in [1.807, 2.05) is 0 Å². The van der Waals surface area contributed by atoms with Gasteiger partial charge in [0.05, 0.1) is 16.8 Å². The van der Waals surface area contributed by atoms with Crippen LogP contribution in [0, 0.1) is 10.1 Å². The van der Waals surface area contributed by atoms with Crippen LogP contribution in [0.5, 0.6) is 0 Å². The second kappa shape index (κ2) is 5.80. The summed E-state index contributed by atoms with van der Waals surface area (Å²) in [6, 6.07) is 8.08. The third-order valence-corrected chi connectivity index (χ3v) is 3.61. The number of benzene rings is 1. The summed E-state index contributed by atoms with van der Waals surface area (Å²) in [6.07, 6.45) is 3.89. The summed E-state index contributed by atoms with van der Waals surface area (Å²) < 4.78 is 0. The van der Waals surface area contributed by atoms with Gasteiger partial charge in [0.25, 0.3) is 5.69 Å². The van der Waals surface area contributed by atoms with E-state index in [9.17, 15) is 14.9 Å². The van der Waals surface area contributed by atoms with Crippen molar-refractivity contribution in [3.05, 3.63) is 64.0 Å². The molecule has 0 spiro atoms. The number of fused-ring (bicyclic) bond motifs is 1. The summed E-state index contributed by atoms with van der Waals surface area (Å²) >= 11 is 0. The molecule has 22 heavy (non-hydrogen) atoms. The largest absolute Gasteiger partial charge is 0.322 e. The summed E-state index contributed by atoms with van der Waals surface area (Å²) in [5.41, 5.74) is 2.54. The molecular weight excluding hydrogens is 284 g/mol. The van der Waals surface area contributed by atoms with Crippen molar-refractivity contribution >= 4 is 17.4 Å². The van der Waals surface area contributed by atoms with Gasteiger partial charge in [0.2, 0.25) is 0 Å². The number of amides is 2. The summed E-state index contributed by atoms with van der Waals surface area (Å²) in [5.74, 6) is 0. The lowest BCUT2D eigenvalue weighted by Crippen LogP contribution is -2.38. The first-order valence-electron chi connectivity index (χ1n) is 6.85. The first-order valence-corrected chi connectivity index (χ1v) is 6.85. The van der Waals surface area contributed by atoms with Gasteiger partial charge in [-0.3, -0.25) is 15.1 Å². The molecule has 0 radical (unpaired) electrons. The topological polar surface area (TPSA) is 88.4 Å². The minimum atomic E-state index is -0.422. The van der Waals surface area contributed by atoms with Gasteiger partial charge < -0.3 is 10.2 Å². The van der Waals surface area contributed by atoms with Crippen LogP contribution < -0.4 is 5.32 Å². The van der Waals surface area contributed by atoms with Gasteiger partial charge in [-0.25, -0.2) is 4.79 Å². The van der Waals surface area contributed by atoms with Gasteiger partial charge in [0.1, 0.15) is 0 Å². The monoisotopic (exact) mass is 298 g/mol. The van der Waals surface area contributed by atoms with E-state index in [2.05, 4.69) is 10.3 Å². The smallest absolute Gasteiger partial charge is 0.320 e. The second-order valence-corrected chi connectivity index (χ2v) is 5.05. The molecule has 0 fully saturated rings. The fourth-order valence-electron chi connectivity index (χ4n) is 2.47. The number of rotatable bonds is 2. The average molecular weight is 298 g/mol. The third-order valence-electron chi connectivity index (χ3n) is 3.61. The number of urea groups is 1. The summed E-state index contributed by atoms with van der Waals surface area (Å²) in [7, 11) is 0. The fourth-order valence-corrected chi connectivity index (χ4v) is 2.47. The molecule has 0 bridgehead atoms. The van der Waals surface area contributed by atoms with E-state index >= 15 is 0 Å². The molecule has 1 N–H and O–H groups in total. The highest BCUT2D eigenvalue weighted by atomic mass is 16.6. The van der Waals surface area contributed by atoms with Crippen LogP contribution in [0.4, 0.5) is 16.2 Å². The number of anilines is 1. The van der Waals surface area contributed by atoms with Crippen molar-refractivity contribution in [3.8, 4) is 0 Å². The SMILES string of the molecule is O=C(Nc1cccnc1)N1CCc2ccc([N+](=O)[O-])cc2C1. The van der Waals surface area contributed by atoms with Crippen LogP contribution in [-0.4, -0.2) is 27.4 Å². The predicted molar refractivity (Wildman–Crippen MR) is 80.5 cm³/mol. The number of nitrogens with zero attached hydrogens (tertiary/aromatic N) is 3. The Morgan fingerprint density at radius 3 is 2.91 bits per heavy atom. The fraction of sp³-hybridized carbons (Fsp3) is 0.200. The lowest BCUT2D eigenvalue weighted by atomic mass is 9.99. The maximum Gasteiger partial charge on any atom is 0.322 e. The molecule has 2 aromatic rings. The number of nitro benzene ring substituents is 1. The summed E-state index contributed by atoms with van der Waals surface area (Å²) in [6.45, 7) is 0.944. The molecule has 0 aliphatic carbocycles. The predicted octanol–water partition coefficient (Wildman–Crippen LogP) is 2.58. The minimum absolute atomic E-state index is 0.0493. The summed E-state index contributed by atoms with van der Waals surface area (Å²) in [4.78, 5) is 28.3. The Morgan fingerprint density at radius 2 is 2.18 bits per heavy atom. The molecule has 1 aromatic heterocycles. The number of aromatic nitrogens is 1. The van der Waals surface area contributed by atoms with Crippen molar-refractivity contribution in [1.82, 2.24) is 9.88 Å². The average Bonchev–Trinajstić information content (AvgIpc) is 2.54. The number of nitrogens with one attached hydrogen (secondary N) is 1. The molecule has 7 heteroatoms. The Kier molecular flexibility index (Phi) is 3.69. The standard InChI is InChI=1S/C15H14N4O3/c20-15(17-13-2-1-6-16-9-13)18-7-5-11-3-4-14(19(21)22)8-12(11)10-18/h1-4,6,8-9H,5,7,10H2,(H,17,20). The van der Waals surface area contributed by atoms with Crippen molar-refractivity contribution in [2.75, 3.05) is 11.9 Å².